The zero-order valence-electron chi connectivity index (χ0n) is 9.03. The van der Waals surface area contributed by atoms with Gasteiger partial charge in [-0.3, -0.25) is 0 Å². The van der Waals surface area contributed by atoms with Crippen LogP contribution in [0.3, 0.4) is 0 Å². The van der Waals surface area contributed by atoms with Crippen molar-refractivity contribution in [3.05, 3.63) is 40.8 Å². The van der Waals surface area contributed by atoms with Gasteiger partial charge in [-0.2, -0.15) is 13.2 Å². The number of carboxylic acid groups (broad SMARTS) is 1. The van der Waals surface area contributed by atoms with Crippen LogP contribution < -0.4 is 0 Å². The van der Waals surface area contributed by atoms with Crippen LogP contribution in [0.1, 0.15) is 15.5 Å². The van der Waals surface area contributed by atoms with Crippen LogP contribution in [0.15, 0.2) is 24.3 Å². The zero-order valence-corrected chi connectivity index (χ0v) is 9.85. The first-order chi connectivity index (χ1) is 8.79. The lowest BCUT2D eigenvalue weighted by Gasteiger charge is -1.99. The molecule has 8 heteroatoms. The molecule has 0 fully saturated rings. The number of halogens is 4. The van der Waals surface area contributed by atoms with Gasteiger partial charge in [0.1, 0.15) is 5.82 Å². The molecule has 1 aromatic carbocycles. The van der Waals surface area contributed by atoms with Crippen molar-refractivity contribution in [3.8, 4) is 10.4 Å². The third-order valence-corrected chi connectivity index (χ3v) is 3.33. The van der Waals surface area contributed by atoms with Gasteiger partial charge in [0.25, 0.3) is 0 Å². The predicted octanol–water partition coefficient (Wildman–Crippen LogP) is 3.67. The van der Waals surface area contributed by atoms with Crippen molar-refractivity contribution >= 4 is 17.3 Å². The van der Waals surface area contributed by atoms with E-state index < -0.39 is 28.7 Å². The third-order valence-electron chi connectivity index (χ3n) is 2.18. The molecule has 0 bridgehead atoms. The largest absolute Gasteiger partial charge is 0.476 e. The van der Waals surface area contributed by atoms with Crippen molar-refractivity contribution in [1.29, 1.82) is 0 Å². The normalized spacial score (nSPS) is 11.6. The number of rotatable bonds is 2. The highest BCUT2D eigenvalue weighted by molar-refractivity contribution is 7.15. The van der Waals surface area contributed by atoms with E-state index in [9.17, 15) is 22.4 Å². The van der Waals surface area contributed by atoms with Crippen molar-refractivity contribution in [1.82, 2.24) is 4.98 Å². The molecule has 2 rings (SSSR count). The van der Waals surface area contributed by atoms with E-state index in [0.717, 1.165) is 12.1 Å². The lowest BCUT2D eigenvalue weighted by atomic mass is 10.1. The van der Waals surface area contributed by atoms with Crippen LogP contribution in [0.2, 0.25) is 0 Å². The molecule has 0 saturated carbocycles. The van der Waals surface area contributed by atoms with E-state index in [4.69, 9.17) is 5.11 Å². The molecule has 1 heterocycles. The van der Waals surface area contributed by atoms with Gasteiger partial charge in [0.2, 0.25) is 0 Å². The van der Waals surface area contributed by atoms with E-state index in [1.807, 2.05) is 0 Å². The van der Waals surface area contributed by atoms with Crippen LogP contribution in [0.5, 0.6) is 0 Å². The number of aromatic nitrogens is 1. The molecule has 0 unspecified atom stereocenters. The summed E-state index contributed by atoms with van der Waals surface area (Å²) in [5.74, 6) is -2.13. The molecule has 0 spiro atoms. The standard InChI is InChI=1S/C11H5F4NO2S/c12-6-3-1-5(2-4-6)8-7(9(17)18)16-10(19-8)11(13,14)15/h1-4H,(H,17,18). The second-order valence-corrected chi connectivity index (χ2v) is 4.51. The molecule has 0 aliphatic heterocycles. The summed E-state index contributed by atoms with van der Waals surface area (Å²) in [7, 11) is 0. The Labute approximate surface area is 108 Å². The zero-order chi connectivity index (χ0) is 14.2. The van der Waals surface area contributed by atoms with E-state index in [1.54, 1.807) is 0 Å². The van der Waals surface area contributed by atoms with Crippen LogP contribution in [0, 0.1) is 5.82 Å². The van der Waals surface area contributed by atoms with Crippen molar-refractivity contribution < 1.29 is 27.5 Å². The molecule has 2 aromatic rings. The maximum atomic E-state index is 12.7. The molecule has 1 N–H and O–H groups in total. The fourth-order valence-corrected chi connectivity index (χ4v) is 2.31. The summed E-state index contributed by atoms with van der Waals surface area (Å²) in [6.07, 6.45) is -4.72. The summed E-state index contributed by atoms with van der Waals surface area (Å²) < 4.78 is 50.3. The van der Waals surface area contributed by atoms with Crippen LogP contribution >= 0.6 is 11.3 Å². The first-order valence-corrected chi connectivity index (χ1v) is 5.68. The van der Waals surface area contributed by atoms with E-state index in [2.05, 4.69) is 4.98 Å². The van der Waals surface area contributed by atoms with Crippen molar-refractivity contribution in [2.24, 2.45) is 0 Å². The Bertz CT molecular complexity index is 619. The fourth-order valence-electron chi connectivity index (χ4n) is 1.38. The number of carboxylic acids is 1. The number of benzene rings is 1. The molecule has 0 saturated heterocycles. The summed E-state index contributed by atoms with van der Waals surface area (Å²) in [5.41, 5.74) is -0.518. The minimum absolute atomic E-state index is 0.153. The second kappa shape index (κ2) is 4.61. The molecular formula is C11H5F4NO2S. The third kappa shape index (κ3) is 2.73. The summed E-state index contributed by atoms with van der Waals surface area (Å²) in [5, 5.41) is 7.62. The lowest BCUT2D eigenvalue weighted by Crippen LogP contribution is -2.06. The first kappa shape index (κ1) is 13.5. The lowest BCUT2D eigenvalue weighted by molar-refractivity contribution is -0.137. The maximum absolute atomic E-state index is 12.7. The molecule has 0 atom stereocenters. The van der Waals surface area contributed by atoms with Crippen LogP contribution in [0.4, 0.5) is 17.6 Å². The summed E-state index contributed by atoms with van der Waals surface area (Å²) in [6.45, 7) is 0. The number of alkyl halides is 3. The minimum Gasteiger partial charge on any atom is -0.476 e. The van der Waals surface area contributed by atoms with E-state index in [0.29, 0.717) is 0 Å². The smallest absolute Gasteiger partial charge is 0.443 e. The summed E-state index contributed by atoms with van der Waals surface area (Å²) in [4.78, 5) is 13.8. The topological polar surface area (TPSA) is 50.2 Å². The Hall–Kier alpha value is -1.96. The van der Waals surface area contributed by atoms with Gasteiger partial charge in [0.15, 0.2) is 10.7 Å². The second-order valence-electron chi connectivity index (χ2n) is 3.51. The number of thiazole rings is 1. The van der Waals surface area contributed by atoms with E-state index >= 15 is 0 Å². The molecule has 19 heavy (non-hydrogen) atoms. The Morgan fingerprint density at radius 3 is 2.26 bits per heavy atom. The van der Waals surface area contributed by atoms with Crippen LogP contribution in [-0.4, -0.2) is 16.1 Å². The van der Waals surface area contributed by atoms with Crippen molar-refractivity contribution in [2.75, 3.05) is 0 Å². The molecule has 0 aliphatic rings. The van der Waals surface area contributed by atoms with Gasteiger partial charge in [-0.1, -0.05) is 12.1 Å². The number of carbonyl (C=O) groups is 1. The monoisotopic (exact) mass is 291 g/mol. The average molecular weight is 291 g/mol. The Balaban J connectivity index is 2.58. The molecular weight excluding hydrogens is 286 g/mol. The summed E-state index contributed by atoms with van der Waals surface area (Å²) in [6, 6.07) is 4.48. The van der Waals surface area contributed by atoms with Gasteiger partial charge in [-0.05, 0) is 17.7 Å². The van der Waals surface area contributed by atoms with Gasteiger partial charge in [-0.15, -0.1) is 11.3 Å². The van der Waals surface area contributed by atoms with Gasteiger partial charge < -0.3 is 5.11 Å². The fraction of sp³-hybridized carbons (Fsp3) is 0.0909. The molecule has 0 radical (unpaired) electrons. The van der Waals surface area contributed by atoms with E-state index in [-0.39, 0.29) is 21.8 Å². The quantitative estimate of drug-likeness (QED) is 0.859. The Morgan fingerprint density at radius 2 is 1.79 bits per heavy atom. The van der Waals surface area contributed by atoms with Crippen LogP contribution in [-0.2, 0) is 6.18 Å². The number of hydrogen-bond acceptors (Lipinski definition) is 3. The molecule has 0 amide bonds. The predicted molar refractivity (Wildman–Crippen MR) is 59.5 cm³/mol. The van der Waals surface area contributed by atoms with Gasteiger partial charge in [0.05, 0.1) is 4.88 Å². The molecule has 0 aliphatic carbocycles. The number of aromatic carboxylic acids is 1. The molecule has 1 aromatic heterocycles. The van der Waals surface area contributed by atoms with Crippen LogP contribution in [0.25, 0.3) is 10.4 Å². The number of nitrogens with zero attached hydrogens (tertiary/aromatic N) is 1. The van der Waals surface area contributed by atoms with Crippen molar-refractivity contribution in [2.45, 2.75) is 6.18 Å². The highest BCUT2D eigenvalue weighted by Gasteiger charge is 2.37. The van der Waals surface area contributed by atoms with Gasteiger partial charge in [-0.25, -0.2) is 14.2 Å². The Morgan fingerprint density at radius 1 is 1.21 bits per heavy atom. The Kier molecular flexibility index (Phi) is 3.27. The number of hydrogen-bond donors (Lipinski definition) is 1. The average Bonchev–Trinajstić information content (AvgIpc) is 2.74. The summed E-state index contributed by atoms with van der Waals surface area (Å²) >= 11 is 0.214. The SMILES string of the molecule is O=C(O)c1nc(C(F)(F)F)sc1-c1ccc(F)cc1. The maximum Gasteiger partial charge on any atom is 0.443 e. The van der Waals surface area contributed by atoms with Gasteiger partial charge >= 0.3 is 12.1 Å². The van der Waals surface area contributed by atoms with Gasteiger partial charge in [0, 0.05) is 0 Å². The molecule has 100 valence electrons. The highest BCUT2D eigenvalue weighted by atomic mass is 32.1. The molecule has 3 nitrogen and oxygen atoms in total. The minimum atomic E-state index is -4.72. The highest BCUT2D eigenvalue weighted by Crippen LogP contribution is 2.38. The van der Waals surface area contributed by atoms with E-state index in [1.165, 1.54) is 12.1 Å². The van der Waals surface area contributed by atoms with Crippen molar-refractivity contribution in [3.63, 3.8) is 0 Å². The first-order valence-electron chi connectivity index (χ1n) is 4.86.